The number of anilines is 2. The zero-order valence-electron chi connectivity index (χ0n) is 12.2. The van der Waals surface area contributed by atoms with Crippen LogP contribution in [-0.2, 0) is 6.42 Å². The maximum absolute atomic E-state index is 5.88. The predicted octanol–water partition coefficient (Wildman–Crippen LogP) is 3.19. The van der Waals surface area contributed by atoms with Crippen LogP contribution in [0.4, 0.5) is 11.6 Å². The lowest BCUT2D eigenvalue weighted by Crippen LogP contribution is -2.16. The molecule has 1 aromatic heterocycles. The Hall–Kier alpha value is -1.85. The van der Waals surface area contributed by atoms with Crippen LogP contribution in [0.2, 0.25) is 5.02 Å². The SMILES string of the molecule is CC(C)c1c(NN)ncnc1NCCc1ccc(Cl)cc1. The molecule has 0 bridgehead atoms. The van der Waals surface area contributed by atoms with Crippen LogP contribution >= 0.6 is 11.6 Å². The van der Waals surface area contributed by atoms with Gasteiger partial charge in [0.1, 0.15) is 18.0 Å². The first-order chi connectivity index (χ1) is 10.1. The van der Waals surface area contributed by atoms with Crippen LogP contribution in [0.3, 0.4) is 0 Å². The Kier molecular flexibility index (Phi) is 5.36. The van der Waals surface area contributed by atoms with E-state index in [0.717, 1.165) is 29.4 Å². The first-order valence-electron chi connectivity index (χ1n) is 6.91. The van der Waals surface area contributed by atoms with E-state index in [-0.39, 0.29) is 5.92 Å². The number of halogens is 1. The third kappa shape index (κ3) is 4.06. The summed E-state index contributed by atoms with van der Waals surface area (Å²) in [6.45, 7) is 4.95. The van der Waals surface area contributed by atoms with Crippen molar-refractivity contribution in [3.8, 4) is 0 Å². The van der Waals surface area contributed by atoms with Gasteiger partial charge in [0.05, 0.1) is 0 Å². The standard InChI is InChI=1S/C15H20ClN5/c1-10(2)13-14(19-9-20-15(13)21-17)18-8-7-11-3-5-12(16)6-4-11/h3-6,9-10H,7-8,17H2,1-2H3,(H2,18,19,20,21). The Morgan fingerprint density at radius 1 is 1.14 bits per heavy atom. The van der Waals surface area contributed by atoms with Crippen LogP contribution in [0.15, 0.2) is 30.6 Å². The van der Waals surface area contributed by atoms with Crippen molar-refractivity contribution < 1.29 is 0 Å². The summed E-state index contributed by atoms with van der Waals surface area (Å²) in [5.74, 6) is 7.27. The lowest BCUT2D eigenvalue weighted by atomic mass is 10.0. The molecule has 112 valence electrons. The smallest absolute Gasteiger partial charge is 0.148 e. The molecule has 0 atom stereocenters. The fraction of sp³-hybridized carbons (Fsp3) is 0.333. The summed E-state index contributed by atoms with van der Waals surface area (Å²) < 4.78 is 0. The molecule has 6 heteroatoms. The minimum Gasteiger partial charge on any atom is -0.369 e. The lowest BCUT2D eigenvalue weighted by molar-refractivity contribution is 0.843. The number of nitrogen functional groups attached to an aromatic ring is 1. The van der Waals surface area contributed by atoms with Gasteiger partial charge in [-0.15, -0.1) is 0 Å². The quantitative estimate of drug-likeness (QED) is 0.564. The number of nitrogens with one attached hydrogen (secondary N) is 2. The molecule has 1 heterocycles. The van der Waals surface area contributed by atoms with Gasteiger partial charge in [-0.25, -0.2) is 15.8 Å². The molecule has 0 unspecified atom stereocenters. The van der Waals surface area contributed by atoms with E-state index < -0.39 is 0 Å². The molecule has 21 heavy (non-hydrogen) atoms. The van der Waals surface area contributed by atoms with Crippen LogP contribution in [0.25, 0.3) is 0 Å². The summed E-state index contributed by atoms with van der Waals surface area (Å²) >= 11 is 5.88. The molecule has 5 nitrogen and oxygen atoms in total. The summed E-state index contributed by atoms with van der Waals surface area (Å²) in [6, 6.07) is 7.86. The van der Waals surface area contributed by atoms with E-state index >= 15 is 0 Å². The van der Waals surface area contributed by atoms with Crippen molar-refractivity contribution in [2.24, 2.45) is 5.84 Å². The van der Waals surface area contributed by atoms with Crippen molar-refractivity contribution in [1.82, 2.24) is 9.97 Å². The molecule has 2 rings (SSSR count). The van der Waals surface area contributed by atoms with Crippen LogP contribution < -0.4 is 16.6 Å². The van der Waals surface area contributed by atoms with Crippen molar-refractivity contribution >= 4 is 23.2 Å². The predicted molar refractivity (Wildman–Crippen MR) is 87.6 cm³/mol. The first kappa shape index (κ1) is 15.5. The summed E-state index contributed by atoms with van der Waals surface area (Å²) in [5.41, 5.74) is 4.85. The highest BCUT2D eigenvalue weighted by molar-refractivity contribution is 6.30. The number of benzene rings is 1. The lowest BCUT2D eigenvalue weighted by Gasteiger charge is -2.16. The van der Waals surface area contributed by atoms with Gasteiger partial charge in [0.25, 0.3) is 0 Å². The van der Waals surface area contributed by atoms with Crippen molar-refractivity contribution in [1.29, 1.82) is 0 Å². The number of hydrogen-bond acceptors (Lipinski definition) is 5. The second kappa shape index (κ2) is 7.24. The van der Waals surface area contributed by atoms with Gasteiger partial charge in [0.15, 0.2) is 0 Å². The molecule has 1 aromatic carbocycles. The van der Waals surface area contributed by atoms with Gasteiger partial charge in [-0.05, 0) is 30.0 Å². The summed E-state index contributed by atoms with van der Waals surface area (Å²) in [4.78, 5) is 8.47. The molecule has 0 spiro atoms. The molecular weight excluding hydrogens is 286 g/mol. The number of aromatic nitrogens is 2. The number of hydrazine groups is 1. The van der Waals surface area contributed by atoms with Crippen LogP contribution in [0, 0.1) is 0 Å². The Balaban J connectivity index is 2.04. The molecule has 0 amide bonds. The van der Waals surface area contributed by atoms with Crippen LogP contribution in [0.5, 0.6) is 0 Å². The zero-order chi connectivity index (χ0) is 15.2. The summed E-state index contributed by atoms with van der Waals surface area (Å²) in [6.07, 6.45) is 2.40. The highest BCUT2D eigenvalue weighted by Crippen LogP contribution is 2.27. The summed E-state index contributed by atoms with van der Waals surface area (Å²) in [5, 5.41) is 4.11. The number of hydrogen-bond donors (Lipinski definition) is 3. The molecule has 0 aliphatic rings. The van der Waals surface area contributed by atoms with Crippen molar-refractivity contribution in [2.45, 2.75) is 26.2 Å². The molecule has 0 radical (unpaired) electrons. The minimum atomic E-state index is 0.273. The monoisotopic (exact) mass is 305 g/mol. The average molecular weight is 306 g/mol. The van der Waals surface area contributed by atoms with Crippen molar-refractivity contribution in [3.63, 3.8) is 0 Å². The third-order valence-corrected chi connectivity index (χ3v) is 3.47. The molecule has 0 saturated heterocycles. The highest BCUT2D eigenvalue weighted by Gasteiger charge is 2.13. The fourth-order valence-electron chi connectivity index (χ4n) is 2.17. The van der Waals surface area contributed by atoms with Gasteiger partial charge in [-0.3, -0.25) is 0 Å². The minimum absolute atomic E-state index is 0.273. The van der Waals surface area contributed by atoms with Crippen LogP contribution in [-0.4, -0.2) is 16.5 Å². The molecule has 4 N–H and O–H groups in total. The molecule has 0 aliphatic carbocycles. The fourth-order valence-corrected chi connectivity index (χ4v) is 2.30. The zero-order valence-corrected chi connectivity index (χ0v) is 13.0. The Bertz CT molecular complexity index is 583. The van der Waals surface area contributed by atoms with Crippen molar-refractivity contribution in [3.05, 3.63) is 46.7 Å². The second-order valence-electron chi connectivity index (χ2n) is 5.09. The number of rotatable bonds is 6. The van der Waals surface area contributed by atoms with Gasteiger partial charge in [-0.1, -0.05) is 37.6 Å². The Labute approximate surface area is 129 Å². The normalized spacial score (nSPS) is 10.7. The van der Waals surface area contributed by atoms with E-state index in [4.69, 9.17) is 17.4 Å². The maximum Gasteiger partial charge on any atom is 0.148 e. The summed E-state index contributed by atoms with van der Waals surface area (Å²) in [7, 11) is 0. The topological polar surface area (TPSA) is 75.9 Å². The Morgan fingerprint density at radius 3 is 2.43 bits per heavy atom. The van der Waals surface area contributed by atoms with Gasteiger partial charge in [0, 0.05) is 17.1 Å². The second-order valence-corrected chi connectivity index (χ2v) is 5.52. The van der Waals surface area contributed by atoms with E-state index in [2.05, 4.69) is 34.6 Å². The van der Waals surface area contributed by atoms with Crippen LogP contribution in [0.1, 0.15) is 30.9 Å². The number of nitrogens with zero attached hydrogens (tertiary/aromatic N) is 2. The molecular formula is C15H20ClN5. The molecule has 0 fully saturated rings. The first-order valence-corrected chi connectivity index (χ1v) is 7.29. The highest BCUT2D eigenvalue weighted by atomic mass is 35.5. The van der Waals surface area contributed by atoms with E-state index in [1.165, 1.54) is 11.9 Å². The van der Waals surface area contributed by atoms with E-state index in [1.54, 1.807) is 0 Å². The molecule has 0 saturated carbocycles. The largest absolute Gasteiger partial charge is 0.369 e. The maximum atomic E-state index is 5.88. The van der Waals surface area contributed by atoms with E-state index in [9.17, 15) is 0 Å². The van der Waals surface area contributed by atoms with E-state index in [0.29, 0.717) is 5.82 Å². The molecule has 0 aliphatic heterocycles. The Morgan fingerprint density at radius 2 is 1.81 bits per heavy atom. The van der Waals surface area contributed by atoms with Crippen molar-refractivity contribution in [2.75, 3.05) is 17.3 Å². The van der Waals surface area contributed by atoms with Gasteiger partial charge in [0.2, 0.25) is 0 Å². The number of nitrogens with two attached hydrogens (primary N) is 1. The average Bonchev–Trinajstić information content (AvgIpc) is 2.48. The van der Waals surface area contributed by atoms with Gasteiger partial charge < -0.3 is 10.7 Å². The third-order valence-electron chi connectivity index (χ3n) is 3.22. The van der Waals surface area contributed by atoms with Gasteiger partial charge in [-0.2, -0.15) is 0 Å². The van der Waals surface area contributed by atoms with Gasteiger partial charge >= 0.3 is 0 Å². The van der Waals surface area contributed by atoms with E-state index in [1.807, 2.05) is 24.3 Å². The molecule has 2 aromatic rings.